The van der Waals surface area contributed by atoms with E-state index < -0.39 is 17.1 Å². The molecule has 0 aliphatic heterocycles. The Kier molecular flexibility index (Phi) is 12.2. The van der Waals surface area contributed by atoms with Crippen LogP contribution in [0.1, 0.15) is 40.6 Å². The number of hydrogen-bond donors (Lipinski definition) is 3. The fourth-order valence-electron chi connectivity index (χ4n) is 4.84. The zero-order valence-corrected chi connectivity index (χ0v) is 28.0. The molecule has 1 atom stereocenters. The van der Waals surface area contributed by atoms with Crippen molar-refractivity contribution in [2.75, 3.05) is 23.8 Å². The predicted octanol–water partition coefficient (Wildman–Crippen LogP) is 8.37. The molecule has 0 radical (unpaired) electrons. The molecular formula is C40H37N3O5S. The fourth-order valence-corrected chi connectivity index (χ4v) is 5.86. The maximum absolute atomic E-state index is 13.7. The average Bonchev–Trinajstić information content (AvgIpc) is 3.13. The molecule has 5 aromatic rings. The second kappa shape index (κ2) is 17.4. The highest BCUT2D eigenvalue weighted by molar-refractivity contribution is 8.00. The van der Waals surface area contributed by atoms with Crippen molar-refractivity contribution in [1.82, 2.24) is 5.32 Å². The highest BCUT2D eigenvalue weighted by Gasteiger charge is 2.23. The molecule has 9 heteroatoms. The number of carbonyl (C=O) groups is 3. The van der Waals surface area contributed by atoms with Gasteiger partial charge in [0.1, 0.15) is 22.4 Å². The van der Waals surface area contributed by atoms with Crippen LogP contribution in [0.4, 0.5) is 11.4 Å². The van der Waals surface area contributed by atoms with Gasteiger partial charge in [0.2, 0.25) is 5.91 Å². The van der Waals surface area contributed by atoms with Crippen molar-refractivity contribution in [3.8, 4) is 11.5 Å². The minimum atomic E-state index is -0.562. The fraction of sp³-hybridized carbons (Fsp3) is 0.125. The topological polar surface area (TPSA) is 106 Å². The molecule has 0 aliphatic carbocycles. The Balaban J connectivity index is 1.33. The quantitative estimate of drug-likeness (QED) is 0.0810. The van der Waals surface area contributed by atoms with Crippen molar-refractivity contribution in [3.05, 3.63) is 156 Å². The summed E-state index contributed by atoms with van der Waals surface area (Å²) in [6, 6.07) is 40.0. The van der Waals surface area contributed by atoms with Gasteiger partial charge in [0.05, 0.1) is 18.9 Å². The van der Waals surface area contributed by atoms with Gasteiger partial charge in [0.15, 0.2) is 0 Å². The highest BCUT2D eigenvalue weighted by Crippen LogP contribution is 2.37. The van der Waals surface area contributed by atoms with Crippen molar-refractivity contribution in [1.29, 1.82) is 0 Å². The first-order valence-electron chi connectivity index (χ1n) is 15.9. The maximum Gasteiger partial charge on any atom is 0.272 e. The number of amides is 3. The van der Waals surface area contributed by atoms with Crippen LogP contribution < -0.4 is 25.4 Å². The molecule has 3 amide bonds. The first-order chi connectivity index (χ1) is 23.9. The third-order valence-electron chi connectivity index (χ3n) is 7.18. The number of nitrogens with one attached hydrogen (secondary N) is 3. The molecule has 8 nitrogen and oxygen atoms in total. The summed E-state index contributed by atoms with van der Waals surface area (Å²) in [5.41, 5.74) is 3.17. The van der Waals surface area contributed by atoms with Gasteiger partial charge in [-0.15, -0.1) is 11.8 Å². The van der Waals surface area contributed by atoms with Gasteiger partial charge in [0, 0.05) is 16.1 Å². The van der Waals surface area contributed by atoms with Crippen LogP contribution in [-0.4, -0.2) is 30.9 Å². The lowest BCUT2D eigenvalue weighted by Gasteiger charge is -2.19. The summed E-state index contributed by atoms with van der Waals surface area (Å²) < 4.78 is 11.2. The van der Waals surface area contributed by atoms with E-state index in [1.165, 1.54) is 11.8 Å². The Morgan fingerprint density at radius 2 is 1.33 bits per heavy atom. The van der Waals surface area contributed by atoms with Gasteiger partial charge in [-0.3, -0.25) is 14.4 Å². The summed E-state index contributed by atoms with van der Waals surface area (Å²) in [6.45, 7) is 4.82. The van der Waals surface area contributed by atoms with Crippen LogP contribution >= 0.6 is 11.8 Å². The molecule has 0 saturated carbocycles. The summed E-state index contributed by atoms with van der Waals surface area (Å²) in [7, 11) is 0. The molecule has 0 bridgehead atoms. The molecule has 0 saturated heterocycles. The summed E-state index contributed by atoms with van der Waals surface area (Å²) >= 11 is 1.39. The van der Waals surface area contributed by atoms with E-state index in [2.05, 4.69) is 16.0 Å². The van der Waals surface area contributed by atoms with Crippen molar-refractivity contribution >= 4 is 46.9 Å². The van der Waals surface area contributed by atoms with Crippen molar-refractivity contribution in [2.45, 2.75) is 24.0 Å². The normalized spacial score (nSPS) is 11.6. The monoisotopic (exact) mass is 671 g/mol. The Morgan fingerprint density at radius 3 is 2.00 bits per heavy atom. The molecule has 5 aromatic carbocycles. The molecule has 0 aliphatic rings. The first-order valence-corrected chi connectivity index (χ1v) is 16.8. The van der Waals surface area contributed by atoms with Gasteiger partial charge in [-0.1, -0.05) is 72.8 Å². The van der Waals surface area contributed by atoms with E-state index in [9.17, 15) is 14.4 Å². The van der Waals surface area contributed by atoms with Crippen LogP contribution in [-0.2, 0) is 9.59 Å². The Hall–Kier alpha value is -5.80. The predicted molar refractivity (Wildman–Crippen MR) is 196 cm³/mol. The summed E-state index contributed by atoms with van der Waals surface area (Å²) in [4.78, 5) is 41.1. The van der Waals surface area contributed by atoms with Gasteiger partial charge < -0.3 is 25.4 Å². The molecule has 248 valence electrons. The zero-order valence-electron chi connectivity index (χ0n) is 27.2. The van der Waals surface area contributed by atoms with E-state index in [4.69, 9.17) is 9.47 Å². The lowest BCUT2D eigenvalue weighted by Crippen LogP contribution is -2.30. The molecule has 0 aromatic heterocycles. The lowest BCUT2D eigenvalue weighted by atomic mass is 10.1. The van der Waals surface area contributed by atoms with Crippen molar-refractivity contribution in [2.24, 2.45) is 0 Å². The van der Waals surface area contributed by atoms with E-state index in [0.717, 1.165) is 10.5 Å². The van der Waals surface area contributed by atoms with Crippen LogP contribution in [0, 0.1) is 0 Å². The number of anilines is 2. The van der Waals surface area contributed by atoms with E-state index in [1.807, 2.05) is 98.8 Å². The molecule has 1 unspecified atom stereocenters. The van der Waals surface area contributed by atoms with E-state index in [-0.39, 0.29) is 11.6 Å². The number of carbonyl (C=O) groups excluding carboxylic acids is 3. The minimum absolute atomic E-state index is 0.0737. The standard InChI is InChI=1S/C40H37N3O5S/c1-3-47-32-23-19-28(20-24-32)27-35(43-38(44)30-15-9-6-10-16-30)39(45)41-31-21-25-33(26-22-31)49-37(29-13-7-5-8-14-29)40(46)42-34-17-11-12-18-36(34)48-4-2/h5-27,37H,3-4H2,1-2H3,(H,41,45)(H,42,46)(H,43,44)/b35-27-. The second-order valence-corrected chi connectivity index (χ2v) is 11.9. The molecule has 0 fully saturated rings. The van der Waals surface area contributed by atoms with E-state index in [1.54, 1.807) is 54.6 Å². The third kappa shape index (κ3) is 9.85. The number of hydrogen-bond acceptors (Lipinski definition) is 6. The van der Waals surface area contributed by atoms with Gasteiger partial charge in [-0.25, -0.2) is 0 Å². The molecular weight excluding hydrogens is 635 g/mol. The summed E-state index contributed by atoms with van der Waals surface area (Å²) in [5.74, 6) is 0.214. The SMILES string of the molecule is CCOc1ccc(/C=C(\NC(=O)c2ccccc2)C(=O)Nc2ccc(SC(C(=O)Nc3ccccc3OCC)c3ccccc3)cc2)cc1. The van der Waals surface area contributed by atoms with Gasteiger partial charge in [-0.2, -0.15) is 0 Å². The maximum atomic E-state index is 13.7. The third-order valence-corrected chi connectivity index (χ3v) is 8.45. The van der Waals surface area contributed by atoms with Gasteiger partial charge >= 0.3 is 0 Å². The summed E-state index contributed by atoms with van der Waals surface area (Å²) in [6.07, 6.45) is 1.61. The molecule has 49 heavy (non-hydrogen) atoms. The highest BCUT2D eigenvalue weighted by atomic mass is 32.2. The number of thioether (sulfide) groups is 1. The van der Waals surface area contributed by atoms with Crippen LogP contribution in [0.3, 0.4) is 0 Å². The number of benzene rings is 5. The molecule has 0 spiro atoms. The molecule has 5 rings (SSSR count). The smallest absolute Gasteiger partial charge is 0.272 e. The number of ether oxygens (including phenoxy) is 2. The van der Waals surface area contributed by atoms with Crippen molar-refractivity contribution < 1.29 is 23.9 Å². The van der Waals surface area contributed by atoms with Gasteiger partial charge in [0.25, 0.3) is 11.8 Å². The Labute approximate surface area is 290 Å². The van der Waals surface area contributed by atoms with E-state index in [0.29, 0.717) is 47.2 Å². The molecule has 0 heterocycles. The van der Waals surface area contributed by atoms with Gasteiger partial charge in [-0.05, 0) is 91.7 Å². The molecule has 3 N–H and O–H groups in total. The largest absolute Gasteiger partial charge is 0.494 e. The van der Waals surface area contributed by atoms with Crippen molar-refractivity contribution in [3.63, 3.8) is 0 Å². The Morgan fingerprint density at radius 1 is 0.694 bits per heavy atom. The lowest BCUT2D eigenvalue weighted by molar-refractivity contribution is -0.116. The number of para-hydroxylation sites is 2. The van der Waals surface area contributed by atoms with Crippen LogP contribution in [0.2, 0.25) is 0 Å². The zero-order chi connectivity index (χ0) is 34.4. The van der Waals surface area contributed by atoms with Crippen LogP contribution in [0.25, 0.3) is 6.08 Å². The first kappa shape index (κ1) is 34.5. The Bertz CT molecular complexity index is 1880. The second-order valence-electron chi connectivity index (χ2n) is 10.7. The minimum Gasteiger partial charge on any atom is -0.494 e. The van der Waals surface area contributed by atoms with Crippen LogP contribution in [0.15, 0.2) is 144 Å². The van der Waals surface area contributed by atoms with E-state index >= 15 is 0 Å². The summed E-state index contributed by atoms with van der Waals surface area (Å²) in [5, 5.41) is 8.12. The average molecular weight is 672 g/mol. The van der Waals surface area contributed by atoms with Crippen LogP contribution in [0.5, 0.6) is 11.5 Å². The number of rotatable bonds is 14.